The van der Waals surface area contributed by atoms with Crippen LogP contribution in [0.4, 0.5) is 18.9 Å². The summed E-state index contributed by atoms with van der Waals surface area (Å²) in [6, 6.07) is 7.78. The van der Waals surface area contributed by atoms with Crippen molar-refractivity contribution in [1.82, 2.24) is 19.7 Å². The van der Waals surface area contributed by atoms with E-state index in [1.165, 1.54) is 11.0 Å². The Labute approximate surface area is 195 Å². The van der Waals surface area contributed by atoms with Crippen molar-refractivity contribution in [2.45, 2.75) is 38.0 Å². The highest BCUT2D eigenvalue weighted by molar-refractivity contribution is 6.02. The molecule has 34 heavy (non-hydrogen) atoms. The van der Waals surface area contributed by atoms with Gasteiger partial charge in [-0.3, -0.25) is 19.4 Å². The number of carbonyl (C=O) groups is 1. The number of nitrogens with zero attached hydrogens (tertiary/aromatic N) is 4. The number of pyridine rings is 1. The van der Waals surface area contributed by atoms with Crippen molar-refractivity contribution in [3.05, 3.63) is 71.8 Å². The van der Waals surface area contributed by atoms with E-state index in [2.05, 4.69) is 15.4 Å². The minimum absolute atomic E-state index is 0.210. The average molecular weight is 467 g/mol. The molecule has 2 aliphatic rings. The Bertz CT molecular complexity index is 1230. The van der Waals surface area contributed by atoms with Crippen molar-refractivity contribution in [3.8, 4) is 11.1 Å². The predicted octanol–water partition coefficient (Wildman–Crippen LogP) is 4.85. The summed E-state index contributed by atoms with van der Waals surface area (Å²) in [6.45, 7) is -0.352. The van der Waals surface area contributed by atoms with Crippen molar-refractivity contribution in [3.63, 3.8) is 0 Å². The number of halogens is 3. The van der Waals surface area contributed by atoms with E-state index in [-0.39, 0.29) is 12.5 Å². The normalized spacial score (nSPS) is 16.6. The monoisotopic (exact) mass is 467 g/mol. The minimum Gasteiger partial charge on any atom is -0.323 e. The smallest absolute Gasteiger partial charge is 0.323 e. The van der Waals surface area contributed by atoms with Crippen LogP contribution in [0.2, 0.25) is 0 Å². The highest BCUT2D eigenvalue weighted by Crippen LogP contribution is 2.35. The molecular weight excluding hydrogens is 443 g/mol. The van der Waals surface area contributed by atoms with E-state index in [1.807, 2.05) is 29.2 Å². The summed E-state index contributed by atoms with van der Waals surface area (Å²) in [5, 5.41) is 7.24. The van der Waals surface area contributed by atoms with Gasteiger partial charge in [0.05, 0.1) is 18.8 Å². The van der Waals surface area contributed by atoms with Gasteiger partial charge in [-0.25, -0.2) is 0 Å². The van der Waals surface area contributed by atoms with Gasteiger partial charge in [-0.15, -0.1) is 0 Å². The van der Waals surface area contributed by atoms with Gasteiger partial charge in [-0.2, -0.15) is 18.3 Å². The molecule has 1 aliphatic heterocycles. The number of nitrogens with one attached hydrogen (secondary N) is 1. The van der Waals surface area contributed by atoms with Crippen LogP contribution >= 0.6 is 0 Å². The number of aromatic nitrogens is 3. The first-order valence-electron chi connectivity index (χ1n) is 11.2. The Hall–Kier alpha value is -3.46. The fourth-order valence-electron chi connectivity index (χ4n) is 4.25. The maximum Gasteiger partial charge on any atom is 0.401 e. The number of fused-ring (bicyclic) bond motifs is 1. The highest BCUT2D eigenvalue weighted by atomic mass is 19.4. The van der Waals surface area contributed by atoms with Gasteiger partial charge in [-0.05, 0) is 60.2 Å². The quantitative estimate of drug-likeness (QED) is 0.527. The van der Waals surface area contributed by atoms with E-state index in [0.29, 0.717) is 24.7 Å². The summed E-state index contributed by atoms with van der Waals surface area (Å²) in [5.41, 5.74) is 5.07. The first-order valence-corrected chi connectivity index (χ1v) is 11.2. The SMILES string of the molecule is O=C(/C=C/c1cnccc1-c1cnn(C2CC2)c1)Nc1ccc2c(c1)CN(CC(F)(F)F)CC2. The van der Waals surface area contributed by atoms with Crippen LogP contribution < -0.4 is 5.32 Å². The zero-order chi connectivity index (χ0) is 23.7. The first kappa shape index (κ1) is 22.3. The van der Waals surface area contributed by atoms with E-state index in [1.54, 1.807) is 30.6 Å². The van der Waals surface area contributed by atoms with Crippen molar-refractivity contribution < 1.29 is 18.0 Å². The van der Waals surface area contributed by atoms with E-state index in [9.17, 15) is 18.0 Å². The van der Waals surface area contributed by atoms with Gasteiger partial charge >= 0.3 is 6.18 Å². The van der Waals surface area contributed by atoms with Gasteiger partial charge < -0.3 is 5.32 Å². The molecule has 2 aromatic heterocycles. The number of carbonyl (C=O) groups excluding carboxylic acids is 1. The predicted molar refractivity (Wildman–Crippen MR) is 123 cm³/mol. The molecule has 1 N–H and O–H groups in total. The molecule has 1 amide bonds. The van der Waals surface area contributed by atoms with Crippen molar-refractivity contribution in [2.75, 3.05) is 18.4 Å². The molecule has 9 heteroatoms. The van der Waals surface area contributed by atoms with E-state index in [4.69, 9.17) is 0 Å². The third-order valence-corrected chi connectivity index (χ3v) is 6.07. The Morgan fingerprint density at radius 1 is 1.18 bits per heavy atom. The molecule has 176 valence electrons. The molecule has 3 aromatic rings. The minimum atomic E-state index is -4.23. The van der Waals surface area contributed by atoms with Crippen LogP contribution in [0.25, 0.3) is 17.2 Å². The molecule has 0 saturated heterocycles. The van der Waals surface area contributed by atoms with E-state index < -0.39 is 12.7 Å². The topological polar surface area (TPSA) is 63.1 Å². The second-order valence-electron chi connectivity index (χ2n) is 8.79. The lowest BCUT2D eigenvalue weighted by Crippen LogP contribution is -2.38. The average Bonchev–Trinajstić information content (AvgIpc) is 3.53. The summed E-state index contributed by atoms with van der Waals surface area (Å²) in [7, 11) is 0. The maximum atomic E-state index is 12.8. The number of hydrogen-bond donors (Lipinski definition) is 1. The van der Waals surface area contributed by atoms with Gasteiger partial charge in [0.2, 0.25) is 5.91 Å². The largest absolute Gasteiger partial charge is 0.401 e. The molecule has 0 bridgehead atoms. The fourth-order valence-corrected chi connectivity index (χ4v) is 4.25. The van der Waals surface area contributed by atoms with Gasteiger partial charge in [0, 0.05) is 54.6 Å². The van der Waals surface area contributed by atoms with Gasteiger partial charge in [0.1, 0.15) is 0 Å². The van der Waals surface area contributed by atoms with Crippen LogP contribution in [0.15, 0.2) is 55.1 Å². The zero-order valence-corrected chi connectivity index (χ0v) is 18.4. The first-order chi connectivity index (χ1) is 16.3. The lowest BCUT2D eigenvalue weighted by atomic mass is 9.99. The van der Waals surface area contributed by atoms with Gasteiger partial charge in [0.25, 0.3) is 0 Å². The second kappa shape index (κ2) is 9.06. The summed E-state index contributed by atoms with van der Waals surface area (Å²) in [4.78, 5) is 18.1. The molecule has 1 aliphatic carbocycles. The van der Waals surface area contributed by atoms with Crippen molar-refractivity contribution >= 4 is 17.7 Å². The third-order valence-electron chi connectivity index (χ3n) is 6.07. The standard InChI is InChI=1S/C25H24F3N5O/c26-25(27,28)16-32-10-8-17-1-3-21(11-19(17)14-32)31-24(34)6-2-18-12-29-9-7-23(18)20-13-30-33(15-20)22-4-5-22/h1-3,6-7,9,11-13,15,22H,4-5,8,10,14,16H2,(H,31,34)/b6-2+. The lowest BCUT2D eigenvalue weighted by molar-refractivity contribution is -0.147. The summed E-state index contributed by atoms with van der Waals surface area (Å²) in [6.07, 6.45) is 8.99. The number of benzene rings is 1. The summed E-state index contributed by atoms with van der Waals surface area (Å²) >= 11 is 0. The molecular formula is C25H24F3N5O. The molecule has 5 rings (SSSR count). The lowest BCUT2D eigenvalue weighted by Gasteiger charge is -2.29. The third kappa shape index (κ3) is 5.36. The molecule has 1 fully saturated rings. The summed E-state index contributed by atoms with van der Waals surface area (Å²) < 4.78 is 40.2. The van der Waals surface area contributed by atoms with Gasteiger partial charge in [0.15, 0.2) is 0 Å². The van der Waals surface area contributed by atoms with E-state index in [0.717, 1.165) is 40.7 Å². The van der Waals surface area contributed by atoms with Crippen LogP contribution in [-0.2, 0) is 17.8 Å². The number of hydrogen-bond acceptors (Lipinski definition) is 4. The van der Waals surface area contributed by atoms with Crippen LogP contribution in [-0.4, -0.2) is 44.8 Å². The second-order valence-corrected chi connectivity index (χ2v) is 8.79. The number of anilines is 1. The Kier molecular flexibility index (Phi) is 5.95. The maximum absolute atomic E-state index is 12.8. The summed E-state index contributed by atoms with van der Waals surface area (Å²) in [5.74, 6) is -0.327. The molecule has 0 radical (unpaired) electrons. The fraction of sp³-hybridized carbons (Fsp3) is 0.320. The van der Waals surface area contributed by atoms with Crippen LogP contribution in [0.5, 0.6) is 0 Å². The van der Waals surface area contributed by atoms with E-state index >= 15 is 0 Å². The van der Waals surface area contributed by atoms with Crippen molar-refractivity contribution in [2.24, 2.45) is 0 Å². The van der Waals surface area contributed by atoms with Crippen LogP contribution in [0, 0.1) is 0 Å². The molecule has 3 heterocycles. The number of alkyl halides is 3. The molecule has 6 nitrogen and oxygen atoms in total. The number of amides is 1. The Morgan fingerprint density at radius 2 is 2.03 bits per heavy atom. The van der Waals surface area contributed by atoms with Crippen molar-refractivity contribution in [1.29, 1.82) is 0 Å². The molecule has 0 unspecified atom stereocenters. The molecule has 1 saturated carbocycles. The highest BCUT2D eigenvalue weighted by Gasteiger charge is 2.32. The molecule has 1 aromatic carbocycles. The Balaban J connectivity index is 1.26. The number of rotatable bonds is 6. The molecule has 0 atom stereocenters. The van der Waals surface area contributed by atoms with Crippen LogP contribution in [0.1, 0.15) is 35.6 Å². The Morgan fingerprint density at radius 3 is 2.82 bits per heavy atom. The van der Waals surface area contributed by atoms with Gasteiger partial charge in [-0.1, -0.05) is 6.07 Å². The van der Waals surface area contributed by atoms with Crippen LogP contribution in [0.3, 0.4) is 0 Å². The molecule has 0 spiro atoms. The zero-order valence-electron chi connectivity index (χ0n) is 18.4.